The van der Waals surface area contributed by atoms with E-state index in [0.717, 1.165) is 12.0 Å². The second kappa shape index (κ2) is 4.99. The minimum absolute atomic E-state index is 0.136. The molecule has 1 aliphatic heterocycles. The van der Waals surface area contributed by atoms with Crippen molar-refractivity contribution in [3.05, 3.63) is 35.9 Å². The van der Waals surface area contributed by atoms with Crippen molar-refractivity contribution >= 4 is 11.9 Å². The highest BCUT2D eigenvalue weighted by atomic mass is 16.4. The van der Waals surface area contributed by atoms with Crippen molar-refractivity contribution in [3.8, 4) is 0 Å². The lowest BCUT2D eigenvalue weighted by molar-refractivity contribution is -0.310. The number of nitrogens with zero attached hydrogens (tertiary/aromatic N) is 1. The number of hydrogen-bond acceptors (Lipinski definition) is 3. The number of hydrogen-bond donors (Lipinski definition) is 0. The molecule has 1 atom stereocenters. The summed E-state index contributed by atoms with van der Waals surface area (Å²) in [4.78, 5) is 24.2. The standard InChI is InChI=1S/C13H15NO3/c15-12(9-10-5-2-1-3-6-10)14-8-4-7-11(14)13(16)17/h1-3,5-6,11H,4,7-9H2,(H,16,17)/p-1/t11-/m0/s1. The van der Waals surface area contributed by atoms with Gasteiger partial charge in [-0.05, 0) is 18.4 Å². The van der Waals surface area contributed by atoms with Crippen LogP contribution < -0.4 is 5.11 Å². The number of carboxylic acid groups (broad SMARTS) is 1. The average Bonchev–Trinajstić information content (AvgIpc) is 2.79. The zero-order chi connectivity index (χ0) is 12.3. The van der Waals surface area contributed by atoms with Crippen LogP contribution in [-0.4, -0.2) is 29.4 Å². The minimum Gasteiger partial charge on any atom is -0.548 e. The van der Waals surface area contributed by atoms with E-state index in [4.69, 9.17) is 0 Å². The molecule has 0 saturated carbocycles. The molecule has 1 aliphatic rings. The number of carbonyl (C=O) groups is 2. The van der Waals surface area contributed by atoms with Gasteiger partial charge in [-0.3, -0.25) is 4.79 Å². The zero-order valence-corrected chi connectivity index (χ0v) is 9.46. The van der Waals surface area contributed by atoms with E-state index in [-0.39, 0.29) is 12.3 Å². The summed E-state index contributed by atoms with van der Waals surface area (Å²) in [6, 6.07) is 8.59. The highest BCUT2D eigenvalue weighted by molar-refractivity contribution is 5.84. The predicted molar refractivity (Wildman–Crippen MR) is 59.9 cm³/mol. The zero-order valence-electron chi connectivity index (χ0n) is 9.46. The summed E-state index contributed by atoms with van der Waals surface area (Å²) in [5, 5.41) is 10.9. The second-order valence-corrected chi connectivity index (χ2v) is 4.23. The Morgan fingerprint density at radius 3 is 2.65 bits per heavy atom. The summed E-state index contributed by atoms with van der Waals surface area (Å²) in [5.41, 5.74) is 0.904. The average molecular weight is 232 g/mol. The second-order valence-electron chi connectivity index (χ2n) is 4.23. The molecule has 0 aromatic heterocycles. The first-order valence-corrected chi connectivity index (χ1v) is 5.73. The monoisotopic (exact) mass is 232 g/mol. The molecule has 4 heteroatoms. The molecule has 0 spiro atoms. The number of rotatable bonds is 3. The largest absolute Gasteiger partial charge is 0.548 e. The Bertz CT molecular complexity index is 416. The highest BCUT2D eigenvalue weighted by Crippen LogP contribution is 2.18. The van der Waals surface area contributed by atoms with Crippen LogP contribution in [0.15, 0.2) is 30.3 Å². The summed E-state index contributed by atoms with van der Waals surface area (Å²) in [6.45, 7) is 0.518. The number of aliphatic carboxylic acids is 1. The Labute approximate surface area is 99.9 Å². The van der Waals surface area contributed by atoms with Gasteiger partial charge in [-0.2, -0.15) is 0 Å². The molecule has 0 unspecified atom stereocenters. The van der Waals surface area contributed by atoms with Crippen molar-refractivity contribution in [1.82, 2.24) is 4.90 Å². The van der Waals surface area contributed by atoms with Crippen molar-refractivity contribution < 1.29 is 14.7 Å². The highest BCUT2D eigenvalue weighted by Gasteiger charge is 2.29. The van der Waals surface area contributed by atoms with Crippen LogP contribution in [0, 0.1) is 0 Å². The number of benzene rings is 1. The Hall–Kier alpha value is -1.84. The van der Waals surface area contributed by atoms with Gasteiger partial charge in [0.1, 0.15) is 0 Å². The Morgan fingerprint density at radius 1 is 1.29 bits per heavy atom. The SMILES string of the molecule is O=C([O-])[C@@H]1CCCN1C(=O)Cc1ccccc1. The molecule has 1 heterocycles. The third-order valence-corrected chi connectivity index (χ3v) is 3.04. The lowest BCUT2D eigenvalue weighted by atomic mass is 10.1. The van der Waals surface area contributed by atoms with E-state index in [2.05, 4.69) is 0 Å². The summed E-state index contributed by atoms with van der Waals surface area (Å²) in [7, 11) is 0. The summed E-state index contributed by atoms with van der Waals surface area (Å²) >= 11 is 0. The molecule has 1 aromatic rings. The fourth-order valence-corrected chi connectivity index (χ4v) is 2.18. The van der Waals surface area contributed by atoms with Crippen LogP contribution in [-0.2, 0) is 16.0 Å². The summed E-state index contributed by atoms with van der Waals surface area (Å²) in [6.07, 6.45) is 1.49. The van der Waals surface area contributed by atoms with Crippen LogP contribution in [0.5, 0.6) is 0 Å². The number of carbonyl (C=O) groups excluding carboxylic acids is 2. The lowest BCUT2D eigenvalue weighted by Crippen LogP contribution is -2.47. The van der Waals surface area contributed by atoms with Crippen LogP contribution in [0.3, 0.4) is 0 Å². The van der Waals surface area contributed by atoms with Gasteiger partial charge in [-0.15, -0.1) is 0 Å². The number of carboxylic acids is 1. The van der Waals surface area contributed by atoms with Gasteiger partial charge < -0.3 is 14.8 Å². The van der Waals surface area contributed by atoms with E-state index in [9.17, 15) is 14.7 Å². The first-order chi connectivity index (χ1) is 8.18. The van der Waals surface area contributed by atoms with Crippen LogP contribution in [0.1, 0.15) is 18.4 Å². The van der Waals surface area contributed by atoms with Crippen molar-refractivity contribution in [2.45, 2.75) is 25.3 Å². The summed E-state index contributed by atoms with van der Waals surface area (Å²) < 4.78 is 0. The van der Waals surface area contributed by atoms with Gasteiger partial charge in [-0.1, -0.05) is 30.3 Å². The van der Waals surface area contributed by atoms with Crippen molar-refractivity contribution in [2.24, 2.45) is 0 Å². The van der Waals surface area contributed by atoms with Crippen molar-refractivity contribution in [1.29, 1.82) is 0 Å². The maximum Gasteiger partial charge on any atom is 0.227 e. The molecule has 1 amide bonds. The molecule has 2 rings (SSSR count). The van der Waals surface area contributed by atoms with E-state index in [1.165, 1.54) is 4.90 Å². The Balaban J connectivity index is 2.03. The first-order valence-electron chi connectivity index (χ1n) is 5.73. The fourth-order valence-electron chi connectivity index (χ4n) is 2.18. The molecule has 1 saturated heterocycles. The molecule has 0 bridgehead atoms. The Morgan fingerprint density at radius 2 is 2.00 bits per heavy atom. The molecule has 90 valence electrons. The molecule has 17 heavy (non-hydrogen) atoms. The maximum atomic E-state index is 12.0. The molecular formula is C13H14NO3-. The molecule has 0 N–H and O–H groups in total. The van der Waals surface area contributed by atoms with Gasteiger partial charge in [0.15, 0.2) is 0 Å². The quantitative estimate of drug-likeness (QED) is 0.735. The van der Waals surface area contributed by atoms with Gasteiger partial charge in [0.25, 0.3) is 0 Å². The predicted octanol–water partition coefficient (Wildman–Crippen LogP) is -0.0300. The van der Waals surface area contributed by atoms with Crippen molar-refractivity contribution in [2.75, 3.05) is 6.54 Å². The van der Waals surface area contributed by atoms with E-state index in [1.54, 1.807) is 0 Å². The van der Waals surface area contributed by atoms with Crippen LogP contribution in [0.25, 0.3) is 0 Å². The number of likely N-dealkylation sites (tertiary alicyclic amines) is 1. The number of amides is 1. The topological polar surface area (TPSA) is 60.4 Å². The van der Waals surface area contributed by atoms with Crippen LogP contribution in [0.4, 0.5) is 0 Å². The summed E-state index contributed by atoms with van der Waals surface area (Å²) in [5.74, 6) is -1.29. The fraction of sp³-hybridized carbons (Fsp3) is 0.385. The van der Waals surface area contributed by atoms with Crippen LogP contribution >= 0.6 is 0 Å². The smallest absolute Gasteiger partial charge is 0.227 e. The molecular weight excluding hydrogens is 218 g/mol. The normalized spacial score (nSPS) is 19.3. The van der Waals surface area contributed by atoms with E-state index in [0.29, 0.717) is 13.0 Å². The van der Waals surface area contributed by atoms with Gasteiger partial charge in [0.05, 0.1) is 18.4 Å². The molecule has 1 aromatic carbocycles. The maximum absolute atomic E-state index is 12.0. The molecule has 1 fully saturated rings. The molecule has 4 nitrogen and oxygen atoms in total. The molecule has 0 radical (unpaired) electrons. The minimum atomic E-state index is -1.15. The van der Waals surface area contributed by atoms with Gasteiger partial charge in [0.2, 0.25) is 5.91 Å². The van der Waals surface area contributed by atoms with Gasteiger partial charge in [0, 0.05) is 6.54 Å². The van der Waals surface area contributed by atoms with E-state index >= 15 is 0 Å². The van der Waals surface area contributed by atoms with Crippen molar-refractivity contribution in [3.63, 3.8) is 0 Å². The van der Waals surface area contributed by atoms with E-state index < -0.39 is 12.0 Å². The van der Waals surface area contributed by atoms with Crippen LogP contribution in [0.2, 0.25) is 0 Å². The van der Waals surface area contributed by atoms with Gasteiger partial charge in [-0.25, -0.2) is 0 Å². The third-order valence-electron chi connectivity index (χ3n) is 3.04. The molecule has 0 aliphatic carbocycles. The first kappa shape index (κ1) is 11.6. The lowest BCUT2D eigenvalue weighted by Gasteiger charge is -2.25. The van der Waals surface area contributed by atoms with E-state index in [1.807, 2.05) is 30.3 Å². The Kier molecular flexibility index (Phi) is 3.42. The third kappa shape index (κ3) is 2.64. The van der Waals surface area contributed by atoms with Gasteiger partial charge >= 0.3 is 0 Å².